The Morgan fingerprint density at radius 3 is 2.45 bits per heavy atom. The number of hydrogen-bond donors (Lipinski definition) is 1. The third-order valence-corrected chi connectivity index (χ3v) is 3.47. The number of carboxylic acids is 1. The van der Waals surface area contributed by atoms with Crippen LogP contribution in [0.1, 0.15) is 33.1 Å². The summed E-state index contributed by atoms with van der Waals surface area (Å²) in [5, 5.41) is 9.20. The molecule has 1 aliphatic rings. The molecule has 0 aromatic carbocycles. The molecular formula is C12H19F3N2O3. The van der Waals surface area contributed by atoms with Crippen molar-refractivity contribution in [3.8, 4) is 0 Å². The maximum Gasteiger partial charge on any atom is 0.406 e. The van der Waals surface area contributed by atoms with E-state index in [1.165, 1.54) is 6.92 Å². The lowest BCUT2D eigenvalue weighted by atomic mass is 10.00. The van der Waals surface area contributed by atoms with E-state index in [2.05, 4.69) is 0 Å². The number of likely N-dealkylation sites (tertiary alicyclic amines) is 1. The average molecular weight is 296 g/mol. The fourth-order valence-electron chi connectivity index (χ4n) is 2.39. The van der Waals surface area contributed by atoms with Gasteiger partial charge in [-0.15, -0.1) is 0 Å². The van der Waals surface area contributed by atoms with Crippen LogP contribution >= 0.6 is 0 Å². The van der Waals surface area contributed by atoms with Crippen molar-refractivity contribution in [1.29, 1.82) is 0 Å². The minimum atomic E-state index is -4.50. The molecule has 1 heterocycles. The highest BCUT2D eigenvalue weighted by Crippen LogP contribution is 2.31. The molecule has 0 bridgehead atoms. The first kappa shape index (κ1) is 16.6. The monoisotopic (exact) mass is 296 g/mol. The summed E-state index contributed by atoms with van der Waals surface area (Å²) >= 11 is 0. The quantitative estimate of drug-likeness (QED) is 0.866. The Labute approximate surface area is 115 Å². The van der Waals surface area contributed by atoms with Crippen molar-refractivity contribution >= 4 is 12.0 Å². The van der Waals surface area contributed by atoms with Crippen LogP contribution in [0.4, 0.5) is 18.0 Å². The standard InChI is InChI=1S/C12H19F3N2O3/c1-3-6-16(8-12(13,14)15)10(20)17-7-4-5-11(17,2)9(18)19/h3-8H2,1-2H3,(H,18,19). The van der Waals surface area contributed by atoms with E-state index in [1.807, 2.05) is 0 Å². The fraction of sp³-hybridized carbons (Fsp3) is 0.833. The van der Waals surface area contributed by atoms with Gasteiger partial charge in [-0.2, -0.15) is 13.2 Å². The van der Waals surface area contributed by atoms with Gasteiger partial charge >= 0.3 is 18.2 Å². The smallest absolute Gasteiger partial charge is 0.406 e. The molecule has 8 heteroatoms. The Bertz CT molecular complexity index is 387. The SMILES string of the molecule is CCCN(CC(F)(F)F)C(=O)N1CCCC1(C)C(=O)O. The highest BCUT2D eigenvalue weighted by atomic mass is 19.4. The second kappa shape index (κ2) is 5.88. The second-order valence-electron chi connectivity index (χ2n) is 5.15. The number of carbonyl (C=O) groups excluding carboxylic acids is 1. The molecule has 0 radical (unpaired) electrons. The van der Waals surface area contributed by atoms with E-state index in [4.69, 9.17) is 0 Å². The summed E-state index contributed by atoms with van der Waals surface area (Å²) < 4.78 is 37.5. The van der Waals surface area contributed by atoms with Crippen LogP contribution in [-0.4, -0.2) is 58.3 Å². The number of alkyl halides is 3. The van der Waals surface area contributed by atoms with Crippen molar-refractivity contribution in [2.24, 2.45) is 0 Å². The zero-order chi connectivity index (χ0) is 15.6. The van der Waals surface area contributed by atoms with E-state index in [-0.39, 0.29) is 19.5 Å². The lowest BCUT2D eigenvalue weighted by molar-refractivity contribution is -0.149. The van der Waals surface area contributed by atoms with E-state index >= 15 is 0 Å². The average Bonchev–Trinajstić information content (AvgIpc) is 2.69. The molecule has 1 N–H and O–H groups in total. The van der Waals surface area contributed by atoms with E-state index in [0.717, 1.165) is 4.90 Å². The highest BCUT2D eigenvalue weighted by molar-refractivity contribution is 5.86. The van der Waals surface area contributed by atoms with Gasteiger partial charge in [0.25, 0.3) is 0 Å². The predicted octanol–water partition coefficient (Wildman–Crippen LogP) is 2.32. The Kier molecular flexibility index (Phi) is 4.88. The third-order valence-electron chi connectivity index (χ3n) is 3.47. The van der Waals surface area contributed by atoms with Gasteiger partial charge in [0, 0.05) is 13.1 Å². The summed E-state index contributed by atoms with van der Waals surface area (Å²) in [6.45, 7) is 1.80. The molecule has 116 valence electrons. The number of carboxylic acid groups (broad SMARTS) is 1. The van der Waals surface area contributed by atoms with Crippen LogP contribution in [0.25, 0.3) is 0 Å². The molecule has 20 heavy (non-hydrogen) atoms. The predicted molar refractivity (Wildman–Crippen MR) is 65.3 cm³/mol. The summed E-state index contributed by atoms with van der Waals surface area (Å²) in [7, 11) is 0. The maximum absolute atomic E-state index is 12.5. The van der Waals surface area contributed by atoms with Crippen molar-refractivity contribution in [3.05, 3.63) is 0 Å². The molecule has 2 amide bonds. The van der Waals surface area contributed by atoms with Gasteiger partial charge in [0.2, 0.25) is 0 Å². The Hall–Kier alpha value is -1.47. The van der Waals surface area contributed by atoms with Crippen LogP contribution in [0.5, 0.6) is 0 Å². The molecule has 1 saturated heterocycles. The molecule has 1 rings (SSSR count). The Balaban J connectivity index is 2.91. The molecule has 1 aliphatic heterocycles. The van der Waals surface area contributed by atoms with Gasteiger partial charge < -0.3 is 14.9 Å². The Morgan fingerprint density at radius 2 is 2.00 bits per heavy atom. The minimum Gasteiger partial charge on any atom is -0.480 e. The van der Waals surface area contributed by atoms with Crippen LogP contribution in [0, 0.1) is 0 Å². The first-order valence-corrected chi connectivity index (χ1v) is 6.48. The van der Waals surface area contributed by atoms with Gasteiger partial charge in [-0.1, -0.05) is 6.92 Å². The van der Waals surface area contributed by atoms with Crippen molar-refractivity contribution in [2.75, 3.05) is 19.6 Å². The van der Waals surface area contributed by atoms with Crippen LogP contribution in [0.3, 0.4) is 0 Å². The molecule has 1 fully saturated rings. The van der Waals surface area contributed by atoms with Gasteiger partial charge in [0.1, 0.15) is 12.1 Å². The third kappa shape index (κ3) is 3.55. The fourth-order valence-corrected chi connectivity index (χ4v) is 2.39. The zero-order valence-electron chi connectivity index (χ0n) is 11.5. The van der Waals surface area contributed by atoms with Gasteiger partial charge in [0.05, 0.1) is 0 Å². The summed E-state index contributed by atoms with van der Waals surface area (Å²) in [4.78, 5) is 25.2. The summed E-state index contributed by atoms with van der Waals surface area (Å²) in [6.07, 6.45) is -3.40. The molecule has 5 nitrogen and oxygen atoms in total. The van der Waals surface area contributed by atoms with Gasteiger partial charge in [-0.3, -0.25) is 0 Å². The van der Waals surface area contributed by atoms with Crippen molar-refractivity contribution < 1.29 is 27.9 Å². The number of halogens is 3. The van der Waals surface area contributed by atoms with E-state index in [9.17, 15) is 27.9 Å². The number of urea groups is 1. The van der Waals surface area contributed by atoms with Gasteiger partial charge in [-0.05, 0) is 26.2 Å². The lowest BCUT2D eigenvalue weighted by Gasteiger charge is -2.36. The van der Waals surface area contributed by atoms with E-state index < -0.39 is 30.3 Å². The van der Waals surface area contributed by atoms with Gasteiger partial charge in [0.15, 0.2) is 0 Å². The topological polar surface area (TPSA) is 60.9 Å². The number of carbonyl (C=O) groups is 2. The maximum atomic E-state index is 12.5. The molecule has 0 aromatic heterocycles. The highest BCUT2D eigenvalue weighted by Gasteiger charge is 2.48. The van der Waals surface area contributed by atoms with Gasteiger partial charge in [-0.25, -0.2) is 9.59 Å². The molecule has 0 aromatic rings. The number of rotatable bonds is 4. The zero-order valence-corrected chi connectivity index (χ0v) is 11.5. The van der Waals surface area contributed by atoms with Crippen LogP contribution in [0.2, 0.25) is 0 Å². The number of aliphatic carboxylic acids is 1. The lowest BCUT2D eigenvalue weighted by Crippen LogP contribution is -2.56. The van der Waals surface area contributed by atoms with Crippen LogP contribution in [0.15, 0.2) is 0 Å². The summed E-state index contributed by atoms with van der Waals surface area (Å²) in [6, 6.07) is -0.855. The molecule has 1 atom stereocenters. The number of amides is 2. The van der Waals surface area contributed by atoms with Crippen molar-refractivity contribution in [3.63, 3.8) is 0 Å². The summed E-state index contributed by atoms with van der Waals surface area (Å²) in [5.74, 6) is -1.19. The molecule has 0 saturated carbocycles. The molecular weight excluding hydrogens is 277 g/mol. The van der Waals surface area contributed by atoms with E-state index in [0.29, 0.717) is 17.7 Å². The number of nitrogens with zero attached hydrogens (tertiary/aromatic N) is 2. The number of hydrogen-bond acceptors (Lipinski definition) is 2. The molecule has 1 unspecified atom stereocenters. The van der Waals surface area contributed by atoms with Crippen LogP contribution < -0.4 is 0 Å². The van der Waals surface area contributed by atoms with Crippen molar-refractivity contribution in [2.45, 2.75) is 44.8 Å². The Morgan fingerprint density at radius 1 is 1.40 bits per heavy atom. The molecule has 0 aliphatic carbocycles. The second-order valence-corrected chi connectivity index (χ2v) is 5.15. The normalized spacial score (nSPS) is 22.9. The molecule has 0 spiro atoms. The van der Waals surface area contributed by atoms with Crippen molar-refractivity contribution in [1.82, 2.24) is 9.80 Å². The first-order valence-electron chi connectivity index (χ1n) is 6.48. The minimum absolute atomic E-state index is 0.0510. The van der Waals surface area contributed by atoms with Crippen LogP contribution in [-0.2, 0) is 4.79 Å². The first-order chi connectivity index (χ1) is 9.12. The largest absolute Gasteiger partial charge is 0.480 e. The summed E-state index contributed by atoms with van der Waals surface area (Å²) in [5.41, 5.74) is -1.42. The van der Waals surface area contributed by atoms with E-state index in [1.54, 1.807) is 6.92 Å².